The molecule has 0 amide bonds. The van der Waals surface area contributed by atoms with E-state index in [1.54, 1.807) is 6.20 Å². The smallest absolute Gasteiger partial charge is 0.120 e. The summed E-state index contributed by atoms with van der Waals surface area (Å²) < 4.78 is 2.12. The van der Waals surface area contributed by atoms with Gasteiger partial charge in [0.2, 0.25) is 0 Å². The minimum atomic E-state index is 0.416. The molecule has 0 fully saturated rings. The van der Waals surface area contributed by atoms with Gasteiger partial charge in [0, 0.05) is 36.2 Å². The molecular formula is C13H19N5. The van der Waals surface area contributed by atoms with E-state index < -0.39 is 0 Å². The predicted octanol–water partition coefficient (Wildman–Crippen LogP) is 1.79. The molecule has 0 saturated carbocycles. The molecule has 2 heterocycles. The van der Waals surface area contributed by atoms with E-state index in [9.17, 15) is 0 Å². The van der Waals surface area contributed by atoms with Crippen LogP contribution in [0.25, 0.3) is 0 Å². The fourth-order valence-corrected chi connectivity index (χ4v) is 2.72. The van der Waals surface area contributed by atoms with Crippen LogP contribution in [0.5, 0.6) is 0 Å². The topological polar surface area (TPSA) is 58.5 Å². The Morgan fingerprint density at radius 1 is 1.56 bits per heavy atom. The Morgan fingerprint density at radius 2 is 2.50 bits per heavy atom. The predicted molar refractivity (Wildman–Crippen MR) is 69.0 cm³/mol. The van der Waals surface area contributed by atoms with Crippen LogP contribution in [0.1, 0.15) is 42.9 Å². The number of H-pyrrole nitrogens is 1. The number of aromatic nitrogens is 4. The number of hydrogen-bond acceptors (Lipinski definition) is 3. The molecule has 1 atom stereocenters. The third-order valence-corrected chi connectivity index (χ3v) is 3.63. The Labute approximate surface area is 107 Å². The summed E-state index contributed by atoms with van der Waals surface area (Å²) in [4.78, 5) is 7.36. The lowest BCUT2D eigenvalue weighted by Crippen LogP contribution is -2.25. The number of nitrogens with one attached hydrogen (secondary N) is 2. The molecule has 2 aromatic rings. The van der Waals surface area contributed by atoms with Crippen LogP contribution in [0.15, 0.2) is 18.6 Å². The maximum absolute atomic E-state index is 4.46. The lowest BCUT2D eigenvalue weighted by Gasteiger charge is -2.23. The Morgan fingerprint density at radius 3 is 3.28 bits per heavy atom. The average molecular weight is 245 g/mol. The first-order valence-electron chi connectivity index (χ1n) is 6.64. The number of aryl methyl sites for hydroxylation is 1. The molecular weight excluding hydrogens is 226 g/mol. The maximum atomic E-state index is 4.46. The maximum Gasteiger partial charge on any atom is 0.120 e. The Kier molecular flexibility index (Phi) is 3.15. The highest BCUT2D eigenvalue weighted by atomic mass is 15.3. The first kappa shape index (κ1) is 11.5. The van der Waals surface area contributed by atoms with E-state index in [2.05, 4.69) is 32.0 Å². The van der Waals surface area contributed by atoms with E-state index in [0.29, 0.717) is 6.04 Å². The highest BCUT2D eigenvalue weighted by molar-refractivity contribution is 5.24. The molecule has 5 nitrogen and oxygen atoms in total. The van der Waals surface area contributed by atoms with Crippen molar-refractivity contribution in [1.29, 1.82) is 0 Å². The summed E-state index contributed by atoms with van der Waals surface area (Å²) in [6.45, 7) is 3.89. The number of aromatic amines is 1. The molecule has 3 rings (SSSR count). The Bertz CT molecular complexity index is 499. The van der Waals surface area contributed by atoms with Gasteiger partial charge >= 0.3 is 0 Å². The van der Waals surface area contributed by atoms with Gasteiger partial charge in [-0.05, 0) is 26.2 Å². The van der Waals surface area contributed by atoms with Gasteiger partial charge in [-0.15, -0.1) is 0 Å². The molecule has 0 bridgehead atoms. The van der Waals surface area contributed by atoms with Crippen molar-refractivity contribution >= 4 is 0 Å². The van der Waals surface area contributed by atoms with Crippen LogP contribution in [0.4, 0.5) is 0 Å². The normalized spacial score (nSPS) is 18.8. The molecule has 5 heteroatoms. The standard InChI is InChI=1S/C13H19N5/c1-2-18-12-5-3-4-11(10(12)8-17-18)16-9-13-14-6-7-15-13/h6-8,11,16H,2-5,9H2,1H3,(H,14,15)/t11-/m1/s1. The molecule has 0 spiro atoms. The second kappa shape index (κ2) is 4.94. The van der Waals surface area contributed by atoms with Gasteiger partial charge in [0.15, 0.2) is 0 Å². The third kappa shape index (κ3) is 2.06. The van der Waals surface area contributed by atoms with Crippen LogP contribution < -0.4 is 5.32 Å². The van der Waals surface area contributed by atoms with Gasteiger partial charge in [-0.3, -0.25) is 4.68 Å². The lowest BCUT2D eigenvalue weighted by molar-refractivity contribution is 0.443. The molecule has 2 N–H and O–H groups in total. The number of imidazole rings is 1. The Balaban J connectivity index is 1.73. The van der Waals surface area contributed by atoms with Crippen molar-refractivity contribution in [3.05, 3.63) is 35.7 Å². The molecule has 0 saturated heterocycles. The second-order valence-electron chi connectivity index (χ2n) is 4.72. The molecule has 0 aromatic carbocycles. The molecule has 0 aliphatic heterocycles. The van der Waals surface area contributed by atoms with Crippen molar-refractivity contribution in [2.75, 3.05) is 0 Å². The number of rotatable bonds is 4. The summed E-state index contributed by atoms with van der Waals surface area (Å²) in [6, 6.07) is 0.416. The summed E-state index contributed by atoms with van der Waals surface area (Å²) in [6.07, 6.45) is 9.24. The van der Waals surface area contributed by atoms with Gasteiger partial charge in [-0.1, -0.05) is 0 Å². The van der Waals surface area contributed by atoms with E-state index in [0.717, 1.165) is 25.3 Å². The van der Waals surface area contributed by atoms with Gasteiger partial charge < -0.3 is 10.3 Å². The minimum Gasteiger partial charge on any atom is -0.348 e. The van der Waals surface area contributed by atoms with E-state index in [-0.39, 0.29) is 0 Å². The highest BCUT2D eigenvalue weighted by Crippen LogP contribution is 2.29. The van der Waals surface area contributed by atoms with Crippen LogP contribution in [-0.4, -0.2) is 19.7 Å². The summed E-state index contributed by atoms with van der Waals surface area (Å²) in [5, 5.41) is 8.04. The van der Waals surface area contributed by atoms with Crippen LogP contribution in [0, 0.1) is 0 Å². The summed E-state index contributed by atoms with van der Waals surface area (Å²) >= 11 is 0. The first-order valence-corrected chi connectivity index (χ1v) is 6.64. The van der Waals surface area contributed by atoms with E-state index in [4.69, 9.17) is 0 Å². The zero-order chi connectivity index (χ0) is 12.4. The summed E-state index contributed by atoms with van der Waals surface area (Å²) in [5.41, 5.74) is 2.77. The van der Waals surface area contributed by atoms with Crippen LogP contribution >= 0.6 is 0 Å². The van der Waals surface area contributed by atoms with Crippen molar-refractivity contribution < 1.29 is 0 Å². The van der Waals surface area contributed by atoms with Gasteiger partial charge in [-0.25, -0.2) is 4.98 Å². The molecule has 2 aromatic heterocycles. The fraction of sp³-hybridized carbons (Fsp3) is 0.538. The van der Waals surface area contributed by atoms with Crippen molar-refractivity contribution in [2.45, 2.75) is 45.3 Å². The molecule has 18 heavy (non-hydrogen) atoms. The Hall–Kier alpha value is -1.62. The van der Waals surface area contributed by atoms with Gasteiger partial charge in [0.1, 0.15) is 5.82 Å². The average Bonchev–Trinajstić information content (AvgIpc) is 3.05. The van der Waals surface area contributed by atoms with Crippen LogP contribution in [0.3, 0.4) is 0 Å². The van der Waals surface area contributed by atoms with Crippen molar-refractivity contribution in [2.24, 2.45) is 0 Å². The molecule has 0 radical (unpaired) electrons. The largest absolute Gasteiger partial charge is 0.348 e. The van der Waals surface area contributed by atoms with E-state index in [1.165, 1.54) is 24.1 Å². The lowest BCUT2D eigenvalue weighted by atomic mass is 9.93. The quantitative estimate of drug-likeness (QED) is 0.863. The molecule has 0 unspecified atom stereocenters. The van der Waals surface area contributed by atoms with Crippen molar-refractivity contribution in [3.63, 3.8) is 0 Å². The zero-order valence-corrected chi connectivity index (χ0v) is 10.7. The molecule has 1 aliphatic rings. The monoisotopic (exact) mass is 245 g/mol. The third-order valence-electron chi connectivity index (χ3n) is 3.63. The van der Waals surface area contributed by atoms with Crippen LogP contribution in [-0.2, 0) is 19.5 Å². The summed E-state index contributed by atoms with van der Waals surface area (Å²) in [7, 11) is 0. The number of nitrogens with zero attached hydrogens (tertiary/aromatic N) is 3. The minimum absolute atomic E-state index is 0.416. The van der Waals surface area contributed by atoms with Crippen molar-refractivity contribution in [1.82, 2.24) is 25.1 Å². The fourth-order valence-electron chi connectivity index (χ4n) is 2.72. The number of fused-ring (bicyclic) bond motifs is 1. The summed E-state index contributed by atoms with van der Waals surface area (Å²) in [5.74, 6) is 0.991. The second-order valence-corrected chi connectivity index (χ2v) is 4.72. The number of hydrogen-bond donors (Lipinski definition) is 2. The van der Waals surface area contributed by atoms with Gasteiger partial charge in [0.05, 0.1) is 12.7 Å². The zero-order valence-electron chi connectivity index (χ0n) is 10.7. The van der Waals surface area contributed by atoms with Gasteiger partial charge in [0.25, 0.3) is 0 Å². The molecule has 96 valence electrons. The molecule has 1 aliphatic carbocycles. The van der Waals surface area contributed by atoms with Crippen molar-refractivity contribution in [3.8, 4) is 0 Å². The SMILES string of the molecule is CCn1ncc2c1CCC[C@H]2NCc1ncc[nH]1. The van der Waals surface area contributed by atoms with E-state index in [1.807, 2.05) is 12.4 Å². The van der Waals surface area contributed by atoms with Crippen LogP contribution in [0.2, 0.25) is 0 Å². The highest BCUT2D eigenvalue weighted by Gasteiger charge is 2.23. The first-order chi connectivity index (χ1) is 8.88. The van der Waals surface area contributed by atoms with Gasteiger partial charge in [-0.2, -0.15) is 5.10 Å². The van der Waals surface area contributed by atoms with E-state index >= 15 is 0 Å².